The van der Waals surface area contributed by atoms with Crippen molar-refractivity contribution in [3.63, 3.8) is 0 Å². The van der Waals surface area contributed by atoms with E-state index in [1.807, 2.05) is 53.0 Å². The molecule has 4 aromatic rings. The highest BCUT2D eigenvalue weighted by Gasteiger charge is 2.29. The van der Waals surface area contributed by atoms with Gasteiger partial charge in [0.15, 0.2) is 0 Å². The Bertz CT molecular complexity index is 1160. The summed E-state index contributed by atoms with van der Waals surface area (Å²) >= 11 is 0. The summed E-state index contributed by atoms with van der Waals surface area (Å²) in [4.78, 5) is 23.7. The van der Waals surface area contributed by atoms with Gasteiger partial charge in [-0.15, -0.1) is 0 Å². The number of piperidine rings is 1. The second-order valence-corrected chi connectivity index (χ2v) is 7.49. The third-order valence-electron chi connectivity index (χ3n) is 5.55. The van der Waals surface area contributed by atoms with E-state index in [9.17, 15) is 4.79 Å². The number of aromatic nitrogens is 4. The standard InChI is InChI=1S/C22H21N5O2/c1-26-11-8-15-6-7-16(12-19(15)26)22(28)27-10-3-5-18(14-27)21-24-20(25-29-21)17-4-2-9-23-13-17/h2,4,6-9,11-13,18H,3,5,10,14H2,1H3/t18-/m0/s1. The van der Waals surface area contributed by atoms with Gasteiger partial charge in [-0.3, -0.25) is 9.78 Å². The van der Waals surface area contributed by atoms with Gasteiger partial charge in [-0.25, -0.2) is 0 Å². The van der Waals surface area contributed by atoms with E-state index in [2.05, 4.69) is 21.2 Å². The molecular weight excluding hydrogens is 366 g/mol. The van der Waals surface area contributed by atoms with E-state index < -0.39 is 0 Å². The summed E-state index contributed by atoms with van der Waals surface area (Å²) < 4.78 is 7.56. The van der Waals surface area contributed by atoms with Crippen LogP contribution in [0, 0.1) is 0 Å². The second-order valence-electron chi connectivity index (χ2n) is 7.49. The van der Waals surface area contributed by atoms with Gasteiger partial charge >= 0.3 is 0 Å². The zero-order chi connectivity index (χ0) is 19.8. The van der Waals surface area contributed by atoms with Gasteiger partial charge < -0.3 is 14.0 Å². The molecule has 7 heteroatoms. The molecule has 3 aromatic heterocycles. The minimum absolute atomic E-state index is 0.0457. The average Bonchev–Trinajstić information content (AvgIpc) is 3.41. The molecule has 0 N–H and O–H groups in total. The normalized spacial score (nSPS) is 17.0. The molecule has 0 saturated carbocycles. The third kappa shape index (κ3) is 3.29. The van der Waals surface area contributed by atoms with E-state index in [-0.39, 0.29) is 11.8 Å². The van der Waals surface area contributed by atoms with Crippen LogP contribution >= 0.6 is 0 Å². The smallest absolute Gasteiger partial charge is 0.253 e. The van der Waals surface area contributed by atoms with Gasteiger partial charge in [0.2, 0.25) is 11.7 Å². The number of nitrogens with zero attached hydrogens (tertiary/aromatic N) is 5. The summed E-state index contributed by atoms with van der Waals surface area (Å²) in [5, 5.41) is 5.23. The van der Waals surface area contributed by atoms with E-state index in [0.717, 1.165) is 35.9 Å². The fourth-order valence-electron chi connectivity index (χ4n) is 3.95. The molecule has 1 fully saturated rings. The lowest BCUT2D eigenvalue weighted by atomic mass is 9.97. The SMILES string of the molecule is Cn1ccc2ccc(C(=O)N3CCC[C@H](c4nc(-c5cccnc5)no4)C3)cc21. The summed E-state index contributed by atoms with van der Waals surface area (Å²) in [6.45, 7) is 1.32. The van der Waals surface area contributed by atoms with Crippen LogP contribution in [0.5, 0.6) is 0 Å². The highest BCUT2D eigenvalue weighted by molar-refractivity contribution is 5.98. The minimum Gasteiger partial charge on any atom is -0.351 e. The second kappa shape index (κ2) is 7.16. The number of rotatable bonds is 3. The summed E-state index contributed by atoms with van der Waals surface area (Å²) in [6, 6.07) is 11.7. The largest absolute Gasteiger partial charge is 0.351 e. The van der Waals surface area contributed by atoms with Gasteiger partial charge in [-0.05, 0) is 48.6 Å². The van der Waals surface area contributed by atoms with Crippen molar-refractivity contribution in [3.05, 3.63) is 66.4 Å². The maximum Gasteiger partial charge on any atom is 0.253 e. The Morgan fingerprint density at radius 3 is 3.03 bits per heavy atom. The van der Waals surface area contributed by atoms with Crippen molar-refractivity contribution >= 4 is 16.8 Å². The molecule has 1 aromatic carbocycles. The molecule has 0 spiro atoms. The Balaban J connectivity index is 1.35. The lowest BCUT2D eigenvalue weighted by Crippen LogP contribution is -2.39. The molecule has 7 nitrogen and oxygen atoms in total. The third-order valence-corrected chi connectivity index (χ3v) is 5.55. The molecule has 4 heterocycles. The molecule has 29 heavy (non-hydrogen) atoms. The van der Waals surface area contributed by atoms with Crippen molar-refractivity contribution in [2.24, 2.45) is 7.05 Å². The van der Waals surface area contributed by atoms with Crippen molar-refractivity contribution in [2.75, 3.05) is 13.1 Å². The number of pyridine rings is 1. The van der Waals surface area contributed by atoms with Crippen molar-refractivity contribution in [3.8, 4) is 11.4 Å². The van der Waals surface area contributed by atoms with Crippen LogP contribution in [0.15, 0.2) is 59.5 Å². The lowest BCUT2D eigenvalue weighted by molar-refractivity contribution is 0.0696. The van der Waals surface area contributed by atoms with Crippen LogP contribution < -0.4 is 0 Å². The highest BCUT2D eigenvalue weighted by Crippen LogP contribution is 2.28. The van der Waals surface area contributed by atoms with E-state index >= 15 is 0 Å². The van der Waals surface area contributed by atoms with E-state index in [4.69, 9.17) is 4.52 Å². The van der Waals surface area contributed by atoms with Crippen LogP contribution in [0.1, 0.15) is 35.0 Å². The van der Waals surface area contributed by atoms with Gasteiger partial charge in [-0.2, -0.15) is 4.98 Å². The maximum atomic E-state index is 13.1. The summed E-state index contributed by atoms with van der Waals surface area (Å²) in [7, 11) is 1.99. The first-order valence-corrected chi connectivity index (χ1v) is 9.77. The fourth-order valence-corrected chi connectivity index (χ4v) is 3.95. The van der Waals surface area contributed by atoms with Gasteiger partial charge in [0.1, 0.15) is 0 Å². The Morgan fingerprint density at radius 2 is 2.17 bits per heavy atom. The van der Waals surface area contributed by atoms with E-state index in [1.54, 1.807) is 12.4 Å². The monoisotopic (exact) mass is 387 g/mol. The predicted octanol–water partition coefficient (Wildman–Crippen LogP) is 3.64. The first kappa shape index (κ1) is 17.6. The quantitative estimate of drug-likeness (QED) is 0.536. The Kier molecular flexibility index (Phi) is 4.35. The maximum absolute atomic E-state index is 13.1. The van der Waals surface area contributed by atoms with Gasteiger partial charge in [-0.1, -0.05) is 11.2 Å². The molecule has 1 saturated heterocycles. The zero-order valence-corrected chi connectivity index (χ0v) is 16.2. The van der Waals surface area contributed by atoms with Crippen molar-refractivity contribution in [1.29, 1.82) is 0 Å². The first-order chi connectivity index (χ1) is 14.2. The number of hydrogen-bond donors (Lipinski definition) is 0. The van der Waals surface area contributed by atoms with E-state index in [1.165, 1.54) is 0 Å². The van der Waals surface area contributed by atoms with Crippen LogP contribution in [-0.4, -0.2) is 43.6 Å². The van der Waals surface area contributed by atoms with Crippen LogP contribution in [0.4, 0.5) is 0 Å². The van der Waals surface area contributed by atoms with Crippen LogP contribution in [0.25, 0.3) is 22.3 Å². The molecule has 146 valence electrons. The lowest BCUT2D eigenvalue weighted by Gasteiger charge is -2.31. The van der Waals surface area contributed by atoms with Gasteiger partial charge in [0.05, 0.1) is 5.92 Å². The number of aryl methyl sites for hydroxylation is 1. The van der Waals surface area contributed by atoms with Crippen molar-refractivity contribution < 1.29 is 9.32 Å². The molecule has 0 unspecified atom stereocenters. The molecule has 1 aliphatic rings. The predicted molar refractivity (Wildman–Crippen MR) is 108 cm³/mol. The molecule has 1 aliphatic heterocycles. The summed E-state index contributed by atoms with van der Waals surface area (Å²) in [6.07, 6.45) is 7.26. The number of fused-ring (bicyclic) bond motifs is 1. The van der Waals surface area contributed by atoms with Gasteiger partial charge in [0, 0.05) is 55.4 Å². The molecule has 0 bridgehead atoms. The number of likely N-dealkylation sites (tertiary alicyclic amines) is 1. The number of benzene rings is 1. The summed E-state index contributed by atoms with van der Waals surface area (Å²) in [5.41, 5.74) is 2.59. The molecule has 1 amide bonds. The molecule has 5 rings (SSSR count). The van der Waals surface area contributed by atoms with Crippen LogP contribution in [0.3, 0.4) is 0 Å². The average molecular weight is 387 g/mol. The Morgan fingerprint density at radius 1 is 1.24 bits per heavy atom. The molecule has 0 aliphatic carbocycles. The zero-order valence-electron chi connectivity index (χ0n) is 16.2. The molecule has 1 atom stereocenters. The Labute approximate surface area is 168 Å². The van der Waals surface area contributed by atoms with Crippen LogP contribution in [0.2, 0.25) is 0 Å². The highest BCUT2D eigenvalue weighted by atomic mass is 16.5. The first-order valence-electron chi connectivity index (χ1n) is 9.77. The number of carbonyl (C=O) groups excluding carboxylic acids is 1. The topological polar surface area (TPSA) is 77.1 Å². The van der Waals surface area contributed by atoms with Crippen LogP contribution in [-0.2, 0) is 7.05 Å². The number of hydrogen-bond acceptors (Lipinski definition) is 5. The van der Waals surface area contributed by atoms with Crippen molar-refractivity contribution in [2.45, 2.75) is 18.8 Å². The molecule has 0 radical (unpaired) electrons. The summed E-state index contributed by atoms with van der Waals surface area (Å²) in [5.74, 6) is 1.21. The molecular formula is C22H21N5O2. The minimum atomic E-state index is 0.0457. The number of amides is 1. The fraction of sp³-hybridized carbons (Fsp3) is 0.273. The number of carbonyl (C=O) groups is 1. The van der Waals surface area contributed by atoms with Crippen molar-refractivity contribution in [1.82, 2.24) is 24.6 Å². The Hall–Kier alpha value is -3.48. The van der Waals surface area contributed by atoms with E-state index in [0.29, 0.717) is 23.8 Å². The van der Waals surface area contributed by atoms with Gasteiger partial charge in [0.25, 0.3) is 5.91 Å².